The number of sulfone groups is 1. The topological polar surface area (TPSA) is 80.4 Å². The Morgan fingerprint density at radius 3 is 2.59 bits per heavy atom. The highest BCUT2D eigenvalue weighted by molar-refractivity contribution is 7.91. The average Bonchev–Trinajstić information content (AvgIpc) is 2.28. The minimum Gasteiger partial charge on any atom is -0.393 e. The first kappa shape index (κ1) is 14.9. The molecular formula is C12H25NO3S. The molecule has 102 valence electrons. The predicted octanol–water partition coefficient (Wildman–Crippen LogP) is 1.08. The van der Waals surface area contributed by atoms with Crippen molar-refractivity contribution in [1.29, 1.82) is 0 Å². The van der Waals surface area contributed by atoms with Gasteiger partial charge in [-0.15, -0.1) is 0 Å². The second-order valence-electron chi connectivity index (χ2n) is 5.23. The maximum Gasteiger partial charge on any atom is 0.150 e. The van der Waals surface area contributed by atoms with Crippen LogP contribution in [0.25, 0.3) is 0 Å². The van der Waals surface area contributed by atoms with Gasteiger partial charge in [0.05, 0.1) is 11.9 Å². The van der Waals surface area contributed by atoms with Crippen molar-refractivity contribution in [2.45, 2.75) is 51.6 Å². The number of aliphatic hydroxyl groups is 1. The lowest BCUT2D eigenvalue weighted by Gasteiger charge is -2.40. The van der Waals surface area contributed by atoms with Crippen molar-refractivity contribution in [3.8, 4) is 0 Å². The molecule has 1 rings (SSSR count). The molecule has 3 N–H and O–H groups in total. The summed E-state index contributed by atoms with van der Waals surface area (Å²) in [6, 6.07) is 0. The molecule has 1 fully saturated rings. The van der Waals surface area contributed by atoms with Crippen LogP contribution in [-0.2, 0) is 9.84 Å². The van der Waals surface area contributed by atoms with E-state index in [2.05, 4.69) is 0 Å². The first-order chi connectivity index (χ1) is 7.96. The van der Waals surface area contributed by atoms with Crippen LogP contribution in [0.3, 0.4) is 0 Å². The molecule has 0 aromatic carbocycles. The molecule has 0 aliphatic heterocycles. The highest BCUT2D eigenvalue weighted by atomic mass is 32.2. The van der Waals surface area contributed by atoms with E-state index in [1.54, 1.807) is 0 Å². The molecule has 0 amide bonds. The number of nitrogens with two attached hydrogens (primary N) is 1. The Morgan fingerprint density at radius 1 is 1.35 bits per heavy atom. The maximum atomic E-state index is 11.7. The Balaban J connectivity index is 2.63. The van der Waals surface area contributed by atoms with Gasteiger partial charge in [0.25, 0.3) is 0 Å². The summed E-state index contributed by atoms with van der Waals surface area (Å²) in [7, 11) is -2.97. The van der Waals surface area contributed by atoms with Crippen molar-refractivity contribution in [1.82, 2.24) is 0 Å². The van der Waals surface area contributed by atoms with Crippen molar-refractivity contribution < 1.29 is 13.5 Å². The van der Waals surface area contributed by atoms with Crippen molar-refractivity contribution >= 4 is 9.84 Å². The lowest BCUT2D eigenvalue weighted by Crippen LogP contribution is -2.45. The summed E-state index contributed by atoms with van der Waals surface area (Å²) in [5, 5.41) is 10.1. The van der Waals surface area contributed by atoms with Gasteiger partial charge in [-0.3, -0.25) is 0 Å². The summed E-state index contributed by atoms with van der Waals surface area (Å²) in [6.07, 6.45) is 4.40. The van der Waals surface area contributed by atoms with E-state index >= 15 is 0 Å². The third kappa shape index (κ3) is 3.93. The molecule has 0 heterocycles. The fraction of sp³-hybridized carbons (Fsp3) is 1.00. The number of rotatable bonds is 6. The van der Waals surface area contributed by atoms with Crippen molar-refractivity contribution in [2.24, 2.45) is 11.1 Å². The molecule has 0 bridgehead atoms. The molecule has 17 heavy (non-hydrogen) atoms. The second kappa shape index (κ2) is 6.16. The smallest absolute Gasteiger partial charge is 0.150 e. The summed E-state index contributed by atoms with van der Waals surface area (Å²) in [6.45, 7) is 2.25. The van der Waals surface area contributed by atoms with Crippen molar-refractivity contribution in [3.63, 3.8) is 0 Å². The van der Waals surface area contributed by atoms with E-state index < -0.39 is 15.9 Å². The van der Waals surface area contributed by atoms with Crippen LogP contribution in [0.2, 0.25) is 0 Å². The van der Waals surface area contributed by atoms with Crippen LogP contribution in [0.4, 0.5) is 0 Å². The van der Waals surface area contributed by atoms with Gasteiger partial charge in [0.2, 0.25) is 0 Å². The Bertz CT molecular complexity index is 329. The SMILES string of the molecule is CCCS(=O)(=O)CCC1(CN)CCCCC1O. The zero-order valence-corrected chi connectivity index (χ0v) is 11.5. The minimum absolute atomic E-state index is 0.162. The second-order valence-corrected chi connectivity index (χ2v) is 7.53. The predicted molar refractivity (Wildman–Crippen MR) is 69.5 cm³/mol. The van der Waals surface area contributed by atoms with Crippen molar-refractivity contribution in [3.05, 3.63) is 0 Å². The summed E-state index contributed by atoms with van der Waals surface area (Å²) >= 11 is 0. The molecule has 1 aliphatic rings. The average molecular weight is 263 g/mol. The number of aliphatic hydroxyl groups excluding tert-OH is 1. The molecule has 2 atom stereocenters. The fourth-order valence-corrected chi connectivity index (χ4v) is 4.23. The van der Waals surface area contributed by atoms with Crippen LogP contribution in [0.1, 0.15) is 45.4 Å². The summed E-state index contributed by atoms with van der Waals surface area (Å²) < 4.78 is 23.4. The molecule has 0 spiro atoms. The van der Waals surface area contributed by atoms with E-state index in [1.807, 2.05) is 6.92 Å². The number of hydrogen-bond donors (Lipinski definition) is 2. The van der Waals surface area contributed by atoms with Gasteiger partial charge >= 0.3 is 0 Å². The van der Waals surface area contributed by atoms with Crippen LogP contribution in [0.5, 0.6) is 0 Å². The lowest BCUT2D eigenvalue weighted by atomic mass is 9.70. The normalized spacial score (nSPS) is 30.4. The maximum absolute atomic E-state index is 11.7. The Morgan fingerprint density at radius 2 is 2.06 bits per heavy atom. The van der Waals surface area contributed by atoms with Gasteiger partial charge in [-0.1, -0.05) is 19.8 Å². The van der Waals surface area contributed by atoms with Crippen molar-refractivity contribution in [2.75, 3.05) is 18.1 Å². The first-order valence-corrected chi connectivity index (χ1v) is 8.36. The van der Waals surface area contributed by atoms with Gasteiger partial charge in [-0.25, -0.2) is 8.42 Å². The van der Waals surface area contributed by atoms with E-state index in [-0.39, 0.29) is 16.9 Å². The highest BCUT2D eigenvalue weighted by Crippen LogP contribution is 2.39. The molecule has 4 nitrogen and oxygen atoms in total. The monoisotopic (exact) mass is 263 g/mol. The zero-order chi connectivity index (χ0) is 12.9. The molecular weight excluding hydrogens is 238 g/mol. The van der Waals surface area contributed by atoms with E-state index in [0.29, 0.717) is 19.4 Å². The molecule has 0 aromatic rings. The molecule has 5 heteroatoms. The zero-order valence-electron chi connectivity index (χ0n) is 10.7. The number of hydrogen-bond acceptors (Lipinski definition) is 4. The van der Waals surface area contributed by atoms with Gasteiger partial charge in [0.15, 0.2) is 0 Å². The molecule has 2 unspecified atom stereocenters. The Hall–Kier alpha value is -0.130. The quantitative estimate of drug-likeness (QED) is 0.751. The van der Waals surface area contributed by atoms with Gasteiger partial charge in [0.1, 0.15) is 9.84 Å². The standard InChI is InChI=1S/C12H25NO3S/c1-2-8-17(15,16)9-7-12(10-13)6-4-3-5-11(12)14/h11,14H,2-10,13H2,1H3. The van der Waals surface area contributed by atoms with Gasteiger partial charge < -0.3 is 10.8 Å². The molecule has 0 saturated heterocycles. The first-order valence-electron chi connectivity index (χ1n) is 6.54. The van der Waals surface area contributed by atoms with Crippen LogP contribution < -0.4 is 5.73 Å². The van der Waals surface area contributed by atoms with Crippen LogP contribution >= 0.6 is 0 Å². The minimum atomic E-state index is -2.97. The van der Waals surface area contributed by atoms with Crippen LogP contribution in [-0.4, -0.2) is 37.7 Å². The van der Waals surface area contributed by atoms with E-state index in [1.165, 1.54) is 0 Å². The van der Waals surface area contributed by atoms with E-state index in [9.17, 15) is 13.5 Å². The highest BCUT2D eigenvalue weighted by Gasteiger charge is 2.39. The van der Waals surface area contributed by atoms with Gasteiger partial charge in [-0.05, 0) is 25.7 Å². The van der Waals surface area contributed by atoms with Gasteiger partial charge in [-0.2, -0.15) is 0 Å². The molecule has 1 saturated carbocycles. The summed E-state index contributed by atoms with van der Waals surface area (Å²) in [4.78, 5) is 0. The van der Waals surface area contributed by atoms with Crippen LogP contribution in [0.15, 0.2) is 0 Å². The van der Waals surface area contributed by atoms with E-state index in [0.717, 1.165) is 25.7 Å². The fourth-order valence-electron chi connectivity index (χ4n) is 2.69. The molecule has 1 aliphatic carbocycles. The summed E-state index contributed by atoms with van der Waals surface area (Å²) in [5.41, 5.74) is 5.42. The molecule has 0 radical (unpaired) electrons. The Kier molecular flexibility index (Phi) is 5.41. The van der Waals surface area contributed by atoms with E-state index in [4.69, 9.17) is 5.73 Å². The van der Waals surface area contributed by atoms with Gasteiger partial charge in [0, 0.05) is 17.7 Å². The summed E-state index contributed by atoms with van der Waals surface area (Å²) in [5.74, 6) is 0.402. The Labute approximate surface area is 105 Å². The lowest BCUT2D eigenvalue weighted by molar-refractivity contribution is -0.00801. The van der Waals surface area contributed by atoms with Crippen LogP contribution in [0, 0.1) is 5.41 Å². The third-order valence-corrected chi connectivity index (χ3v) is 5.80. The largest absolute Gasteiger partial charge is 0.393 e. The molecule has 0 aromatic heterocycles. The third-order valence-electron chi connectivity index (χ3n) is 3.94.